The van der Waals surface area contributed by atoms with E-state index < -0.39 is 11.9 Å². The summed E-state index contributed by atoms with van der Waals surface area (Å²) in [6.45, 7) is 1.57. The Hall–Kier alpha value is -2.35. The average molecular weight is 264 g/mol. The SMILES string of the molecule is Cc1nsc(NC(=O)c2ccnnc2)c1C(=O)O. The zero-order chi connectivity index (χ0) is 13.1. The van der Waals surface area contributed by atoms with Gasteiger partial charge in [-0.2, -0.15) is 14.6 Å². The summed E-state index contributed by atoms with van der Waals surface area (Å²) in [7, 11) is 0. The lowest BCUT2D eigenvalue weighted by Gasteiger charge is -2.02. The zero-order valence-electron chi connectivity index (χ0n) is 9.25. The molecule has 0 radical (unpaired) electrons. The van der Waals surface area contributed by atoms with E-state index in [-0.39, 0.29) is 10.6 Å². The summed E-state index contributed by atoms with van der Waals surface area (Å²) in [4.78, 5) is 22.8. The van der Waals surface area contributed by atoms with Gasteiger partial charge in [-0.05, 0) is 24.5 Å². The van der Waals surface area contributed by atoms with Crippen molar-refractivity contribution in [1.82, 2.24) is 14.6 Å². The predicted molar refractivity (Wildman–Crippen MR) is 63.8 cm³/mol. The number of carboxylic acid groups (broad SMARTS) is 1. The maximum Gasteiger partial charge on any atom is 0.340 e. The van der Waals surface area contributed by atoms with Crippen molar-refractivity contribution in [3.05, 3.63) is 35.3 Å². The highest BCUT2D eigenvalue weighted by Crippen LogP contribution is 2.24. The fourth-order valence-corrected chi connectivity index (χ4v) is 2.09. The van der Waals surface area contributed by atoms with E-state index in [0.717, 1.165) is 11.5 Å². The molecule has 0 aliphatic carbocycles. The Labute approximate surface area is 106 Å². The van der Waals surface area contributed by atoms with Gasteiger partial charge in [-0.3, -0.25) is 4.79 Å². The summed E-state index contributed by atoms with van der Waals surface area (Å²) >= 11 is 0.929. The van der Waals surface area contributed by atoms with E-state index in [9.17, 15) is 9.59 Å². The van der Waals surface area contributed by atoms with Crippen LogP contribution in [0.1, 0.15) is 26.4 Å². The van der Waals surface area contributed by atoms with Gasteiger partial charge in [0, 0.05) is 0 Å². The molecule has 0 bridgehead atoms. The van der Waals surface area contributed by atoms with Gasteiger partial charge in [-0.15, -0.1) is 0 Å². The van der Waals surface area contributed by atoms with E-state index in [1.165, 1.54) is 18.5 Å². The van der Waals surface area contributed by atoms with E-state index in [4.69, 9.17) is 5.11 Å². The van der Waals surface area contributed by atoms with Crippen molar-refractivity contribution in [2.75, 3.05) is 5.32 Å². The number of hydrogen-bond acceptors (Lipinski definition) is 6. The lowest BCUT2D eigenvalue weighted by atomic mass is 10.2. The van der Waals surface area contributed by atoms with Gasteiger partial charge in [0.15, 0.2) is 0 Å². The van der Waals surface area contributed by atoms with Gasteiger partial charge in [0.25, 0.3) is 5.91 Å². The van der Waals surface area contributed by atoms with Gasteiger partial charge in [0.2, 0.25) is 0 Å². The highest BCUT2D eigenvalue weighted by Gasteiger charge is 2.19. The van der Waals surface area contributed by atoms with Crippen LogP contribution in [0.15, 0.2) is 18.5 Å². The first kappa shape index (κ1) is 12.1. The highest BCUT2D eigenvalue weighted by molar-refractivity contribution is 7.11. The van der Waals surface area contributed by atoms with Crippen LogP contribution in [0.3, 0.4) is 0 Å². The van der Waals surface area contributed by atoms with Crippen LogP contribution in [0.2, 0.25) is 0 Å². The summed E-state index contributed by atoms with van der Waals surface area (Å²) in [5.74, 6) is -1.57. The van der Waals surface area contributed by atoms with E-state index in [1.807, 2.05) is 0 Å². The number of nitrogens with one attached hydrogen (secondary N) is 1. The monoisotopic (exact) mass is 264 g/mol. The van der Waals surface area contributed by atoms with Crippen LogP contribution in [-0.4, -0.2) is 31.6 Å². The molecule has 2 aromatic heterocycles. The molecule has 2 rings (SSSR count). The first-order valence-corrected chi connectivity index (χ1v) is 5.64. The second-order valence-corrected chi connectivity index (χ2v) is 4.14. The van der Waals surface area contributed by atoms with Crippen LogP contribution in [0, 0.1) is 6.92 Å². The third-order valence-electron chi connectivity index (χ3n) is 2.15. The van der Waals surface area contributed by atoms with Crippen molar-refractivity contribution in [3.63, 3.8) is 0 Å². The van der Waals surface area contributed by atoms with Gasteiger partial charge in [0.1, 0.15) is 10.6 Å². The molecule has 0 unspecified atom stereocenters. The molecule has 2 N–H and O–H groups in total. The lowest BCUT2D eigenvalue weighted by Crippen LogP contribution is -2.13. The van der Waals surface area contributed by atoms with E-state index in [1.54, 1.807) is 6.92 Å². The van der Waals surface area contributed by atoms with Gasteiger partial charge in [0.05, 0.1) is 23.7 Å². The van der Waals surface area contributed by atoms with Crippen molar-refractivity contribution >= 4 is 28.4 Å². The Bertz CT molecular complexity index is 596. The molecule has 2 heterocycles. The number of carbonyl (C=O) groups is 2. The molecule has 92 valence electrons. The largest absolute Gasteiger partial charge is 0.478 e. The van der Waals surface area contributed by atoms with Gasteiger partial charge in [-0.1, -0.05) is 0 Å². The highest BCUT2D eigenvalue weighted by atomic mass is 32.1. The van der Waals surface area contributed by atoms with Crippen molar-refractivity contribution in [2.45, 2.75) is 6.92 Å². The number of amides is 1. The molecule has 8 heteroatoms. The van der Waals surface area contributed by atoms with E-state index >= 15 is 0 Å². The maximum atomic E-state index is 11.8. The minimum atomic E-state index is -1.12. The molecule has 0 aromatic carbocycles. The fourth-order valence-electron chi connectivity index (χ4n) is 1.31. The van der Waals surface area contributed by atoms with Crippen LogP contribution in [0.25, 0.3) is 0 Å². The summed E-state index contributed by atoms with van der Waals surface area (Å²) < 4.78 is 3.90. The molecule has 0 saturated heterocycles. The zero-order valence-corrected chi connectivity index (χ0v) is 10.1. The number of carboxylic acids is 1. The van der Waals surface area contributed by atoms with Crippen LogP contribution < -0.4 is 5.32 Å². The molecule has 0 saturated carbocycles. The van der Waals surface area contributed by atoms with Crippen molar-refractivity contribution < 1.29 is 14.7 Å². The topological polar surface area (TPSA) is 105 Å². The van der Waals surface area contributed by atoms with Gasteiger partial charge in [-0.25, -0.2) is 4.79 Å². The fraction of sp³-hybridized carbons (Fsp3) is 0.100. The van der Waals surface area contributed by atoms with Crippen LogP contribution >= 0.6 is 11.5 Å². The quantitative estimate of drug-likeness (QED) is 0.862. The molecule has 0 atom stereocenters. The Morgan fingerprint density at radius 2 is 2.17 bits per heavy atom. The predicted octanol–water partition coefficient (Wildman–Crippen LogP) is 1.19. The Morgan fingerprint density at radius 3 is 2.78 bits per heavy atom. The molecule has 7 nitrogen and oxygen atoms in total. The first-order valence-electron chi connectivity index (χ1n) is 4.87. The van der Waals surface area contributed by atoms with Crippen LogP contribution in [-0.2, 0) is 0 Å². The molecule has 0 spiro atoms. The lowest BCUT2D eigenvalue weighted by molar-refractivity contribution is 0.0697. The van der Waals surface area contributed by atoms with Crippen molar-refractivity contribution in [3.8, 4) is 0 Å². The molecule has 0 fully saturated rings. The third-order valence-corrected chi connectivity index (χ3v) is 3.00. The summed E-state index contributed by atoms with van der Waals surface area (Å²) in [6.07, 6.45) is 2.68. The number of anilines is 1. The Balaban J connectivity index is 2.25. The number of aromatic carboxylic acids is 1. The van der Waals surface area contributed by atoms with Gasteiger partial charge >= 0.3 is 5.97 Å². The second-order valence-electron chi connectivity index (χ2n) is 3.36. The number of nitrogens with zero attached hydrogens (tertiary/aromatic N) is 3. The first-order chi connectivity index (χ1) is 8.59. The molecule has 0 aliphatic rings. The molecule has 1 amide bonds. The summed E-state index contributed by atoms with van der Waals surface area (Å²) in [6, 6.07) is 1.48. The van der Waals surface area contributed by atoms with E-state index in [2.05, 4.69) is 19.9 Å². The Morgan fingerprint density at radius 1 is 1.39 bits per heavy atom. The number of rotatable bonds is 3. The van der Waals surface area contributed by atoms with E-state index in [0.29, 0.717) is 11.3 Å². The Kier molecular flexibility index (Phi) is 3.28. The van der Waals surface area contributed by atoms with Gasteiger partial charge < -0.3 is 10.4 Å². The third kappa shape index (κ3) is 2.33. The van der Waals surface area contributed by atoms with Crippen LogP contribution in [0.4, 0.5) is 5.00 Å². The molecule has 0 aliphatic heterocycles. The second kappa shape index (κ2) is 4.88. The molecular formula is C10H8N4O3S. The molecular weight excluding hydrogens is 256 g/mol. The minimum absolute atomic E-state index is 0.00960. The summed E-state index contributed by atoms with van der Waals surface area (Å²) in [5.41, 5.74) is 0.679. The molecule has 18 heavy (non-hydrogen) atoms. The smallest absolute Gasteiger partial charge is 0.340 e. The standard InChI is InChI=1S/C10H8N4O3S/c1-5-7(10(16)17)9(18-14-5)13-8(15)6-2-3-11-12-4-6/h2-4H,1H3,(H,13,15)(H,16,17). The van der Waals surface area contributed by atoms with Crippen molar-refractivity contribution in [1.29, 1.82) is 0 Å². The number of aryl methyl sites for hydroxylation is 1. The van der Waals surface area contributed by atoms with Crippen molar-refractivity contribution in [2.24, 2.45) is 0 Å². The number of hydrogen-bond donors (Lipinski definition) is 2. The minimum Gasteiger partial charge on any atom is -0.478 e. The van der Waals surface area contributed by atoms with Crippen LogP contribution in [0.5, 0.6) is 0 Å². The number of carbonyl (C=O) groups excluding carboxylic acids is 1. The number of aromatic nitrogens is 3. The normalized spacial score (nSPS) is 10.1. The summed E-state index contributed by atoms with van der Waals surface area (Å²) in [5, 5.41) is 18.8. The average Bonchev–Trinajstić information content (AvgIpc) is 2.71. The molecule has 2 aromatic rings. The maximum absolute atomic E-state index is 11.8.